The molecule has 0 saturated carbocycles. The summed E-state index contributed by atoms with van der Waals surface area (Å²) in [5.74, 6) is 0.265. The SMILES string of the molecule is CCC1(CC)CCc2c(cncc2-c2nc(-c3cc(C)c(CCC(=O)O)c(C)c3)no2)C1. The summed E-state index contributed by atoms with van der Waals surface area (Å²) >= 11 is 0. The summed E-state index contributed by atoms with van der Waals surface area (Å²) < 4.78 is 5.69. The van der Waals surface area contributed by atoms with Crippen LogP contribution in [-0.4, -0.2) is 26.2 Å². The quantitative estimate of drug-likeness (QED) is 0.512. The molecule has 168 valence electrons. The molecule has 0 atom stereocenters. The summed E-state index contributed by atoms with van der Waals surface area (Å²) in [5, 5.41) is 13.3. The second-order valence-corrected chi connectivity index (χ2v) is 9.11. The van der Waals surface area contributed by atoms with Crippen LogP contribution in [0.25, 0.3) is 22.8 Å². The average Bonchev–Trinajstić information content (AvgIpc) is 3.27. The molecular formula is C26H31N3O3. The van der Waals surface area contributed by atoms with Gasteiger partial charge in [0.15, 0.2) is 0 Å². The molecule has 0 amide bonds. The lowest BCUT2D eigenvalue weighted by Crippen LogP contribution is -2.28. The van der Waals surface area contributed by atoms with Crippen LogP contribution in [0, 0.1) is 19.3 Å². The Morgan fingerprint density at radius 3 is 2.53 bits per heavy atom. The van der Waals surface area contributed by atoms with Crippen LogP contribution in [0.4, 0.5) is 0 Å². The monoisotopic (exact) mass is 433 g/mol. The van der Waals surface area contributed by atoms with Crippen LogP contribution in [-0.2, 0) is 24.1 Å². The third-order valence-electron chi connectivity index (χ3n) is 7.32. The van der Waals surface area contributed by atoms with Crippen molar-refractivity contribution in [2.24, 2.45) is 5.41 Å². The molecule has 1 aliphatic rings. The Balaban J connectivity index is 1.64. The summed E-state index contributed by atoms with van der Waals surface area (Å²) in [5.41, 5.74) is 7.91. The minimum absolute atomic E-state index is 0.122. The summed E-state index contributed by atoms with van der Waals surface area (Å²) in [6, 6.07) is 4.02. The molecule has 1 N–H and O–H groups in total. The third kappa shape index (κ3) is 4.18. The minimum atomic E-state index is -0.786. The van der Waals surface area contributed by atoms with Crippen LogP contribution in [0.5, 0.6) is 0 Å². The van der Waals surface area contributed by atoms with E-state index in [1.807, 2.05) is 38.4 Å². The number of carbonyl (C=O) groups is 1. The molecule has 2 aromatic heterocycles. The van der Waals surface area contributed by atoms with Crippen molar-refractivity contribution in [1.82, 2.24) is 15.1 Å². The largest absolute Gasteiger partial charge is 0.481 e. The van der Waals surface area contributed by atoms with Gasteiger partial charge in [-0.3, -0.25) is 9.78 Å². The number of pyridine rings is 1. The first-order chi connectivity index (χ1) is 15.4. The van der Waals surface area contributed by atoms with E-state index in [1.165, 1.54) is 30.4 Å². The minimum Gasteiger partial charge on any atom is -0.481 e. The number of aryl methyl sites for hydroxylation is 2. The smallest absolute Gasteiger partial charge is 0.303 e. The molecule has 3 aromatic rings. The van der Waals surface area contributed by atoms with Crippen LogP contribution in [0.15, 0.2) is 29.0 Å². The number of hydrogen-bond donors (Lipinski definition) is 1. The Bertz CT molecular complexity index is 1120. The van der Waals surface area contributed by atoms with Crippen LogP contribution >= 0.6 is 0 Å². The van der Waals surface area contributed by atoms with E-state index in [9.17, 15) is 4.79 Å². The summed E-state index contributed by atoms with van der Waals surface area (Å²) in [4.78, 5) is 20.2. The second kappa shape index (κ2) is 8.85. The molecule has 0 radical (unpaired) electrons. The van der Waals surface area contributed by atoms with E-state index in [0.717, 1.165) is 40.7 Å². The van der Waals surface area contributed by atoms with Crippen molar-refractivity contribution in [1.29, 1.82) is 0 Å². The van der Waals surface area contributed by atoms with Crippen LogP contribution in [0.2, 0.25) is 0 Å². The molecule has 1 aliphatic carbocycles. The molecule has 4 rings (SSSR count). The van der Waals surface area contributed by atoms with Gasteiger partial charge >= 0.3 is 5.97 Å². The van der Waals surface area contributed by atoms with Gasteiger partial charge in [0.25, 0.3) is 5.89 Å². The molecule has 0 bridgehead atoms. The summed E-state index contributed by atoms with van der Waals surface area (Å²) in [6.45, 7) is 8.57. The van der Waals surface area contributed by atoms with E-state index in [0.29, 0.717) is 23.6 Å². The number of carboxylic acid groups (broad SMARTS) is 1. The summed E-state index contributed by atoms with van der Waals surface area (Å²) in [6.07, 6.45) is 10.1. The second-order valence-electron chi connectivity index (χ2n) is 9.11. The van der Waals surface area contributed by atoms with E-state index in [2.05, 4.69) is 24.0 Å². The maximum atomic E-state index is 11.0. The average molecular weight is 434 g/mol. The lowest BCUT2D eigenvalue weighted by molar-refractivity contribution is -0.136. The highest BCUT2D eigenvalue weighted by Gasteiger charge is 2.33. The molecule has 6 heteroatoms. The number of fused-ring (bicyclic) bond motifs is 1. The predicted molar refractivity (Wildman–Crippen MR) is 123 cm³/mol. The maximum Gasteiger partial charge on any atom is 0.303 e. The zero-order valence-corrected chi connectivity index (χ0v) is 19.4. The Morgan fingerprint density at radius 2 is 1.88 bits per heavy atom. The summed E-state index contributed by atoms with van der Waals surface area (Å²) in [7, 11) is 0. The highest BCUT2D eigenvalue weighted by atomic mass is 16.5. The molecule has 32 heavy (non-hydrogen) atoms. The zero-order chi connectivity index (χ0) is 22.9. The fourth-order valence-electron chi connectivity index (χ4n) is 5.10. The molecule has 2 heterocycles. The Hall–Kier alpha value is -3.02. The first-order valence-electron chi connectivity index (χ1n) is 11.5. The van der Waals surface area contributed by atoms with Crippen molar-refractivity contribution in [3.63, 3.8) is 0 Å². The van der Waals surface area contributed by atoms with E-state index >= 15 is 0 Å². The number of aliphatic carboxylic acids is 1. The maximum absolute atomic E-state index is 11.0. The number of hydrogen-bond acceptors (Lipinski definition) is 5. The van der Waals surface area contributed by atoms with Crippen molar-refractivity contribution >= 4 is 5.97 Å². The third-order valence-corrected chi connectivity index (χ3v) is 7.32. The molecule has 0 aliphatic heterocycles. The van der Waals surface area contributed by atoms with E-state index in [4.69, 9.17) is 14.6 Å². The molecular weight excluding hydrogens is 402 g/mol. The van der Waals surface area contributed by atoms with Gasteiger partial charge in [-0.15, -0.1) is 0 Å². The van der Waals surface area contributed by atoms with Crippen molar-refractivity contribution in [3.8, 4) is 22.8 Å². The van der Waals surface area contributed by atoms with Crippen molar-refractivity contribution < 1.29 is 14.4 Å². The van der Waals surface area contributed by atoms with Gasteiger partial charge in [-0.25, -0.2) is 0 Å². The molecule has 0 saturated heterocycles. The molecule has 0 spiro atoms. The Kier molecular flexibility index (Phi) is 6.13. The van der Waals surface area contributed by atoms with E-state index in [1.54, 1.807) is 0 Å². The number of rotatable bonds is 7. The van der Waals surface area contributed by atoms with Gasteiger partial charge < -0.3 is 9.63 Å². The lowest BCUT2D eigenvalue weighted by atomic mass is 9.68. The fraction of sp³-hybridized carbons (Fsp3) is 0.462. The van der Waals surface area contributed by atoms with Gasteiger partial charge in [-0.2, -0.15) is 4.98 Å². The van der Waals surface area contributed by atoms with E-state index in [-0.39, 0.29) is 6.42 Å². The lowest BCUT2D eigenvalue weighted by Gasteiger charge is -2.37. The zero-order valence-electron chi connectivity index (χ0n) is 19.4. The number of benzene rings is 1. The first kappa shape index (κ1) is 22.2. The normalized spacial score (nSPS) is 14.9. The van der Waals surface area contributed by atoms with Crippen molar-refractivity contribution in [2.75, 3.05) is 0 Å². The molecule has 0 fully saturated rings. The predicted octanol–water partition coefficient (Wildman–Crippen LogP) is 5.73. The fourth-order valence-corrected chi connectivity index (χ4v) is 5.10. The number of aromatic nitrogens is 3. The standard InChI is InChI=1S/C26H31N3O3/c1-5-26(6-2)10-9-21-19(13-26)14-27-15-22(21)25-28-24(29-32-25)18-11-16(3)20(17(4)12-18)7-8-23(30)31/h11-12,14-15H,5-10,13H2,1-4H3,(H,30,31). The van der Waals surface area contributed by atoms with Crippen molar-refractivity contribution in [2.45, 2.75) is 72.6 Å². The van der Waals surface area contributed by atoms with Gasteiger partial charge in [-0.1, -0.05) is 31.8 Å². The molecule has 1 aromatic carbocycles. The molecule has 0 unspecified atom stereocenters. The number of carboxylic acids is 1. The van der Waals surface area contributed by atoms with Crippen LogP contribution in [0.1, 0.15) is 67.3 Å². The van der Waals surface area contributed by atoms with Gasteiger partial charge in [0.05, 0.1) is 5.56 Å². The number of nitrogens with zero attached hydrogens (tertiary/aromatic N) is 3. The first-order valence-corrected chi connectivity index (χ1v) is 11.5. The van der Waals surface area contributed by atoms with Gasteiger partial charge in [-0.05, 0) is 84.9 Å². The van der Waals surface area contributed by atoms with Crippen LogP contribution in [0.3, 0.4) is 0 Å². The Morgan fingerprint density at radius 1 is 1.16 bits per heavy atom. The highest BCUT2D eigenvalue weighted by Crippen LogP contribution is 2.43. The highest BCUT2D eigenvalue weighted by molar-refractivity contribution is 5.68. The van der Waals surface area contributed by atoms with Gasteiger partial charge in [0.1, 0.15) is 0 Å². The topological polar surface area (TPSA) is 89.1 Å². The van der Waals surface area contributed by atoms with Gasteiger partial charge in [0, 0.05) is 24.4 Å². The molecule has 6 nitrogen and oxygen atoms in total. The van der Waals surface area contributed by atoms with Crippen LogP contribution < -0.4 is 0 Å². The van der Waals surface area contributed by atoms with Gasteiger partial charge in [0.2, 0.25) is 5.82 Å². The van der Waals surface area contributed by atoms with Crippen molar-refractivity contribution in [3.05, 3.63) is 52.3 Å². The Labute approximate surface area is 189 Å². The van der Waals surface area contributed by atoms with E-state index < -0.39 is 5.97 Å².